The van der Waals surface area contributed by atoms with Crippen molar-refractivity contribution >= 4 is 44.6 Å². The molecule has 1 fully saturated rings. The molecule has 0 aliphatic carbocycles. The van der Waals surface area contributed by atoms with Crippen molar-refractivity contribution in [2.24, 2.45) is 0 Å². The van der Waals surface area contributed by atoms with Crippen LogP contribution in [0.1, 0.15) is 47.5 Å². The molecule has 35 heavy (non-hydrogen) atoms. The number of aliphatic hydroxyl groups excluding tert-OH is 1. The highest BCUT2D eigenvalue weighted by molar-refractivity contribution is 7.19. The van der Waals surface area contributed by atoms with Gasteiger partial charge in [0.15, 0.2) is 0 Å². The Balaban J connectivity index is 1.17. The summed E-state index contributed by atoms with van der Waals surface area (Å²) in [6, 6.07) is 15.0. The lowest BCUT2D eigenvalue weighted by molar-refractivity contribution is 0.0951. The van der Waals surface area contributed by atoms with Crippen molar-refractivity contribution in [2.45, 2.75) is 32.1 Å². The summed E-state index contributed by atoms with van der Waals surface area (Å²) in [6.45, 7) is 4.26. The van der Waals surface area contributed by atoms with Crippen LogP contribution in [0, 0.1) is 5.41 Å². The number of amides is 1. The molecule has 3 aromatic rings. The third-order valence-electron chi connectivity index (χ3n) is 6.69. The maximum atomic E-state index is 12.6. The van der Waals surface area contributed by atoms with Crippen LogP contribution in [0.3, 0.4) is 0 Å². The van der Waals surface area contributed by atoms with E-state index in [1.165, 1.54) is 50.1 Å². The molecule has 2 aliphatic heterocycles. The highest BCUT2D eigenvalue weighted by atomic mass is 32.1. The minimum atomic E-state index is -0.0833. The molecule has 0 bridgehead atoms. The van der Waals surface area contributed by atoms with Gasteiger partial charge in [-0.1, -0.05) is 25.0 Å². The van der Waals surface area contributed by atoms with Crippen molar-refractivity contribution in [2.75, 3.05) is 37.6 Å². The van der Waals surface area contributed by atoms with Crippen molar-refractivity contribution in [1.82, 2.24) is 15.2 Å². The van der Waals surface area contributed by atoms with Crippen LogP contribution >= 0.6 is 11.3 Å². The normalized spacial score (nSPS) is 17.3. The number of hydrogen-bond acceptors (Lipinski definition) is 6. The Kier molecular flexibility index (Phi) is 7.11. The highest BCUT2D eigenvalue weighted by Crippen LogP contribution is 2.35. The molecule has 1 amide bonds. The number of aromatic nitrogens is 1. The van der Waals surface area contributed by atoms with Gasteiger partial charge in [0.25, 0.3) is 5.91 Å². The van der Waals surface area contributed by atoms with Gasteiger partial charge < -0.3 is 20.2 Å². The number of rotatable bonds is 7. The first-order chi connectivity index (χ1) is 17.1. The van der Waals surface area contributed by atoms with E-state index in [1.807, 2.05) is 36.4 Å². The lowest BCUT2D eigenvalue weighted by atomic mass is 10.1. The van der Waals surface area contributed by atoms with Crippen LogP contribution in [-0.2, 0) is 0 Å². The molecule has 3 heterocycles. The van der Waals surface area contributed by atoms with E-state index < -0.39 is 0 Å². The Morgan fingerprint density at radius 3 is 2.54 bits per heavy atom. The molecule has 0 saturated carbocycles. The van der Waals surface area contributed by atoms with Crippen LogP contribution in [0.4, 0.5) is 5.69 Å². The topological polar surface area (TPSA) is 92.5 Å². The lowest BCUT2D eigenvalue weighted by Gasteiger charge is -2.20. The summed E-state index contributed by atoms with van der Waals surface area (Å²) < 4.78 is 1.02. The number of aliphatic hydroxyl groups is 1. The first kappa shape index (κ1) is 23.5. The minimum Gasteiger partial charge on any atom is -0.510 e. The second-order valence-electron chi connectivity index (χ2n) is 9.16. The number of thiazole rings is 1. The summed E-state index contributed by atoms with van der Waals surface area (Å²) in [5.41, 5.74) is 2.69. The number of nitrogens with zero attached hydrogens (tertiary/aromatic N) is 3. The fraction of sp³-hybridized carbons (Fsp3) is 0.370. The van der Waals surface area contributed by atoms with E-state index in [0.29, 0.717) is 22.7 Å². The molecule has 8 heteroatoms. The number of carbonyl (C=O) groups excluding carboxylic acids is 1. The second-order valence-corrected chi connectivity index (χ2v) is 10.2. The molecule has 1 aromatic heterocycles. The summed E-state index contributed by atoms with van der Waals surface area (Å²) in [5, 5.41) is 23.0. The molecule has 3 N–H and O–H groups in total. The Morgan fingerprint density at radius 2 is 1.80 bits per heavy atom. The Hall–Kier alpha value is -3.23. The third kappa shape index (κ3) is 5.23. The van der Waals surface area contributed by atoms with Gasteiger partial charge >= 0.3 is 0 Å². The van der Waals surface area contributed by atoms with Gasteiger partial charge in [-0.3, -0.25) is 10.2 Å². The first-order valence-electron chi connectivity index (χ1n) is 12.4. The molecular formula is C27H31N5O2S. The van der Waals surface area contributed by atoms with Crippen molar-refractivity contribution in [3.63, 3.8) is 0 Å². The molecule has 7 nitrogen and oxygen atoms in total. The zero-order valence-corrected chi connectivity index (χ0v) is 20.6. The smallest absolute Gasteiger partial charge is 0.251 e. The minimum absolute atomic E-state index is 0.0833. The number of likely N-dealkylation sites (tertiary alicyclic amines) is 1. The predicted molar refractivity (Wildman–Crippen MR) is 143 cm³/mol. The van der Waals surface area contributed by atoms with Crippen LogP contribution < -0.4 is 10.2 Å². The molecule has 1 saturated heterocycles. The number of fused-ring (bicyclic) bond motifs is 1. The van der Waals surface area contributed by atoms with Gasteiger partial charge in [0, 0.05) is 17.8 Å². The molecule has 0 unspecified atom stereocenters. The maximum Gasteiger partial charge on any atom is 0.251 e. The van der Waals surface area contributed by atoms with E-state index in [9.17, 15) is 9.90 Å². The van der Waals surface area contributed by atoms with E-state index in [2.05, 4.69) is 15.2 Å². The van der Waals surface area contributed by atoms with E-state index in [0.717, 1.165) is 28.9 Å². The number of amidine groups is 1. The molecule has 2 aromatic carbocycles. The average Bonchev–Trinajstić information content (AvgIpc) is 3.30. The number of anilines is 1. The monoisotopic (exact) mass is 489 g/mol. The van der Waals surface area contributed by atoms with Crippen molar-refractivity contribution in [1.29, 1.82) is 5.41 Å². The summed E-state index contributed by atoms with van der Waals surface area (Å²) in [4.78, 5) is 21.4. The van der Waals surface area contributed by atoms with E-state index >= 15 is 0 Å². The van der Waals surface area contributed by atoms with Crippen LogP contribution in [0.25, 0.3) is 15.8 Å². The predicted octanol–water partition coefficient (Wildman–Crippen LogP) is 5.06. The zero-order valence-electron chi connectivity index (χ0n) is 19.8. The fourth-order valence-corrected chi connectivity index (χ4v) is 5.80. The Labute approximate surface area is 209 Å². The van der Waals surface area contributed by atoms with E-state index in [1.54, 1.807) is 17.0 Å². The Bertz CT molecular complexity index is 1210. The van der Waals surface area contributed by atoms with Gasteiger partial charge in [0.1, 0.15) is 16.6 Å². The standard InChI is InChI=1S/C27H31N5O2S/c28-25-24(27-30-21-8-3-4-9-23(21)35-27)22(33)18-32(25)20-12-10-19(11-13-20)26(34)29-14-7-17-31-15-5-1-2-6-16-31/h3-4,8-13,28,33H,1-2,5-7,14-18H2,(H,29,34). The van der Waals surface area contributed by atoms with Gasteiger partial charge in [-0.25, -0.2) is 4.98 Å². The number of hydrogen-bond donors (Lipinski definition) is 3. The summed E-state index contributed by atoms with van der Waals surface area (Å²) in [6.07, 6.45) is 6.18. The zero-order chi connectivity index (χ0) is 24.2. The second kappa shape index (κ2) is 10.6. The highest BCUT2D eigenvalue weighted by Gasteiger charge is 2.31. The first-order valence-corrected chi connectivity index (χ1v) is 13.2. The van der Waals surface area contributed by atoms with Gasteiger partial charge in [-0.15, -0.1) is 11.3 Å². The van der Waals surface area contributed by atoms with Crippen molar-refractivity contribution in [3.05, 3.63) is 64.9 Å². The van der Waals surface area contributed by atoms with Gasteiger partial charge in [0.2, 0.25) is 0 Å². The molecule has 0 atom stereocenters. The quantitative estimate of drug-likeness (QED) is 0.404. The molecule has 182 valence electrons. The van der Waals surface area contributed by atoms with Crippen molar-refractivity contribution in [3.8, 4) is 0 Å². The van der Waals surface area contributed by atoms with Crippen LogP contribution in [0.15, 0.2) is 54.3 Å². The molecular weight excluding hydrogens is 458 g/mol. The van der Waals surface area contributed by atoms with Crippen molar-refractivity contribution < 1.29 is 9.90 Å². The fourth-order valence-electron chi connectivity index (χ4n) is 4.76. The van der Waals surface area contributed by atoms with Crippen LogP contribution in [-0.4, -0.2) is 59.5 Å². The van der Waals surface area contributed by atoms with Gasteiger partial charge in [0.05, 0.1) is 22.3 Å². The molecule has 0 radical (unpaired) electrons. The number of benzene rings is 2. The third-order valence-corrected chi connectivity index (χ3v) is 7.74. The summed E-state index contributed by atoms with van der Waals surface area (Å²) in [7, 11) is 0. The van der Waals surface area contributed by atoms with Crippen LogP contribution in [0.2, 0.25) is 0 Å². The average molecular weight is 490 g/mol. The molecule has 5 rings (SSSR count). The number of carbonyl (C=O) groups is 1. The van der Waals surface area contributed by atoms with Crippen LogP contribution in [0.5, 0.6) is 0 Å². The van der Waals surface area contributed by atoms with Gasteiger partial charge in [-0.05, 0) is 75.3 Å². The molecule has 0 spiro atoms. The van der Waals surface area contributed by atoms with E-state index in [-0.39, 0.29) is 24.0 Å². The lowest BCUT2D eigenvalue weighted by Crippen LogP contribution is -2.30. The number of para-hydroxylation sites is 1. The van der Waals surface area contributed by atoms with E-state index in [4.69, 9.17) is 5.41 Å². The maximum absolute atomic E-state index is 12.6. The SMILES string of the molecule is N=C1C(c2nc3ccccc3s2)=C(O)CN1c1ccc(C(=O)NCCCN2CCCCCC2)cc1. The largest absolute Gasteiger partial charge is 0.510 e. The molecule has 2 aliphatic rings. The summed E-state index contributed by atoms with van der Waals surface area (Å²) >= 11 is 1.47. The van der Waals surface area contributed by atoms with Gasteiger partial charge in [-0.2, -0.15) is 0 Å². The number of nitrogens with one attached hydrogen (secondary N) is 2. The Morgan fingerprint density at radius 1 is 1.06 bits per heavy atom. The summed E-state index contributed by atoms with van der Waals surface area (Å²) in [5.74, 6) is 0.271.